The van der Waals surface area contributed by atoms with Gasteiger partial charge in [-0.05, 0) is 12.1 Å². The maximum Gasteiger partial charge on any atom is 0.307 e. The minimum absolute atomic E-state index is 0. The third-order valence-corrected chi connectivity index (χ3v) is 2.64. The van der Waals surface area contributed by atoms with Gasteiger partial charge in [0.1, 0.15) is 0 Å². The Labute approximate surface area is 110 Å². The van der Waals surface area contributed by atoms with Gasteiger partial charge < -0.3 is 10.5 Å². The summed E-state index contributed by atoms with van der Waals surface area (Å²) in [5.41, 5.74) is 6.38. The third kappa shape index (κ3) is 3.83. The summed E-state index contributed by atoms with van der Waals surface area (Å²) in [4.78, 5) is 11.0. The van der Waals surface area contributed by atoms with Crippen LogP contribution >= 0.6 is 35.6 Å². The SMILES string of the molecule is COC(=O)C[C@H](N)c1c(Cl)cccc1Cl.Cl. The molecule has 0 unspecified atom stereocenters. The van der Waals surface area contributed by atoms with Crippen LogP contribution in [0.2, 0.25) is 10.0 Å². The standard InChI is InChI=1S/C10H11Cl2NO2.ClH/c1-15-9(14)5-8(13)10-6(11)3-2-4-7(10)12;/h2-4,8H,5,13H2,1H3;1H/t8-;/m0./s1. The van der Waals surface area contributed by atoms with Crippen LogP contribution in [-0.4, -0.2) is 13.1 Å². The lowest BCUT2D eigenvalue weighted by Crippen LogP contribution is -2.17. The first kappa shape index (κ1) is 15.5. The van der Waals surface area contributed by atoms with Crippen molar-refractivity contribution in [1.82, 2.24) is 0 Å². The zero-order valence-corrected chi connectivity index (χ0v) is 10.9. The molecule has 1 rings (SSSR count). The Morgan fingerprint density at radius 3 is 2.38 bits per heavy atom. The summed E-state index contributed by atoms with van der Waals surface area (Å²) in [5, 5.41) is 0.915. The van der Waals surface area contributed by atoms with Gasteiger partial charge >= 0.3 is 5.97 Å². The van der Waals surface area contributed by atoms with Crippen molar-refractivity contribution in [3.63, 3.8) is 0 Å². The van der Waals surface area contributed by atoms with E-state index in [9.17, 15) is 4.79 Å². The molecule has 0 aromatic heterocycles. The van der Waals surface area contributed by atoms with Crippen molar-refractivity contribution in [2.45, 2.75) is 12.5 Å². The molecule has 1 atom stereocenters. The Balaban J connectivity index is 0.00000225. The van der Waals surface area contributed by atoms with E-state index in [4.69, 9.17) is 28.9 Å². The molecule has 0 saturated heterocycles. The number of methoxy groups -OCH3 is 1. The molecule has 0 heterocycles. The quantitative estimate of drug-likeness (QED) is 0.868. The number of ether oxygens (including phenoxy) is 1. The summed E-state index contributed by atoms with van der Waals surface area (Å²) in [6, 6.07) is 4.54. The molecule has 0 amide bonds. The Kier molecular flexibility index (Phi) is 6.76. The number of esters is 1. The predicted molar refractivity (Wildman–Crippen MR) is 67.3 cm³/mol. The molecule has 16 heavy (non-hydrogen) atoms. The van der Waals surface area contributed by atoms with E-state index < -0.39 is 12.0 Å². The lowest BCUT2D eigenvalue weighted by molar-refractivity contribution is -0.141. The van der Waals surface area contributed by atoms with Gasteiger partial charge in [-0.15, -0.1) is 12.4 Å². The highest BCUT2D eigenvalue weighted by Crippen LogP contribution is 2.30. The highest BCUT2D eigenvalue weighted by Gasteiger charge is 2.17. The zero-order chi connectivity index (χ0) is 11.4. The fourth-order valence-electron chi connectivity index (χ4n) is 1.23. The van der Waals surface area contributed by atoms with Gasteiger partial charge in [0.15, 0.2) is 0 Å². The van der Waals surface area contributed by atoms with Crippen molar-refractivity contribution in [2.75, 3.05) is 7.11 Å². The summed E-state index contributed by atoms with van der Waals surface area (Å²) in [6.45, 7) is 0. The first-order chi connectivity index (χ1) is 7.06. The van der Waals surface area contributed by atoms with Crippen molar-refractivity contribution < 1.29 is 9.53 Å². The lowest BCUT2D eigenvalue weighted by atomic mass is 10.0. The van der Waals surface area contributed by atoms with E-state index in [2.05, 4.69) is 4.74 Å². The largest absolute Gasteiger partial charge is 0.469 e. The van der Waals surface area contributed by atoms with Crippen LogP contribution in [0.15, 0.2) is 18.2 Å². The second-order valence-electron chi connectivity index (χ2n) is 3.02. The molecule has 90 valence electrons. The fourth-order valence-corrected chi connectivity index (χ4v) is 1.91. The van der Waals surface area contributed by atoms with E-state index in [1.54, 1.807) is 18.2 Å². The normalized spacial score (nSPS) is 11.5. The number of rotatable bonds is 3. The highest BCUT2D eigenvalue weighted by molar-refractivity contribution is 6.36. The number of nitrogens with two attached hydrogens (primary N) is 1. The molecule has 0 fully saturated rings. The van der Waals surface area contributed by atoms with Gasteiger partial charge in [-0.3, -0.25) is 4.79 Å². The van der Waals surface area contributed by atoms with Crippen LogP contribution in [0.1, 0.15) is 18.0 Å². The smallest absolute Gasteiger partial charge is 0.307 e. The Bertz CT molecular complexity index is 351. The van der Waals surface area contributed by atoms with Crippen LogP contribution in [0, 0.1) is 0 Å². The van der Waals surface area contributed by atoms with Crippen molar-refractivity contribution in [3.8, 4) is 0 Å². The van der Waals surface area contributed by atoms with Crippen molar-refractivity contribution in [2.24, 2.45) is 5.73 Å². The predicted octanol–water partition coefficient (Wildman–Crippen LogP) is 2.98. The maximum atomic E-state index is 11.0. The summed E-state index contributed by atoms with van der Waals surface area (Å²) in [5.74, 6) is -0.390. The van der Waals surface area contributed by atoms with Crippen LogP contribution in [0.25, 0.3) is 0 Å². The van der Waals surface area contributed by atoms with Gasteiger partial charge in [-0.1, -0.05) is 29.3 Å². The van der Waals surface area contributed by atoms with Crippen LogP contribution in [0.5, 0.6) is 0 Å². The first-order valence-corrected chi connectivity index (χ1v) is 5.08. The van der Waals surface area contributed by atoms with Crippen molar-refractivity contribution in [3.05, 3.63) is 33.8 Å². The number of carbonyl (C=O) groups is 1. The van der Waals surface area contributed by atoms with Crippen LogP contribution in [0.3, 0.4) is 0 Å². The minimum atomic E-state index is -0.543. The summed E-state index contributed by atoms with van der Waals surface area (Å²) >= 11 is 11.9. The van der Waals surface area contributed by atoms with E-state index in [1.165, 1.54) is 7.11 Å². The van der Waals surface area contributed by atoms with E-state index in [0.29, 0.717) is 15.6 Å². The van der Waals surface area contributed by atoms with Gasteiger partial charge in [-0.25, -0.2) is 0 Å². The first-order valence-electron chi connectivity index (χ1n) is 4.32. The van der Waals surface area contributed by atoms with E-state index in [-0.39, 0.29) is 18.8 Å². The number of benzene rings is 1. The average Bonchev–Trinajstić information content (AvgIpc) is 2.17. The third-order valence-electron chi connectivity index (χ3n) is 1.98. The number of hydrogen-bond acceptors (Lipinski definition) is 3. The highest BCUT2D eigenvalue weighted by atomic mass is 35.5. The van der Waals surface area contributed by atoms with E-state index >= 15 is 0 Å². The summed E-state index contributed by atoms with van der Waals surface area (Å²) in [7, 11) is 1.31. The number of halogens is 3. The molecule has 3 nitrogen and oxygen atoms in total. The minimum Gasteiger partial charge on any atom is -0.469 e. The molecule has 1 aromatic rings. The topological polar surface area (TPSA) is 52.3 Å². The molecule has 0 radical (unpaired) electrons. The lowest BCUT2D eigenvalue weighted by Gasteiger charge is -2.13. The van der Waals surface area contributed by atoms with Crippen molar-refractivity contribution in [1.29, 1.82) is 0 Å². The molecule has 1 aromatic carbocycles. The van der Waals surface area contributed by atoms with E-state index in [0.717, 1.165) is 0 Å². The van der Waals surface area contributed by atoms with Gasteiger partial charge in [0, 0.05) is 21.7 Å². The fraction of sp³-hybridized carbons (Fsp3) is 0.300. The van der Waals surface area contributed by atoms with Crippen molar-refractivity contribution >= 4 is 41.6 Å². The second-order valence-corrected chi connectivity index (χ2v) is 3.84. The van der Waals surface area contributed by atoms with Crippen LogP contribution in [0.4, 0.5) is 0 Å². The zero-order valence-electron chi connectivity index (χ0n) is 8.57. The summed E-state index contributed by atoms with van der Waals surface area (Å²) < 4.78 is 4.52. The van der Waals surface area contributed by atoms with Gasteiger partial charge in [0.2, 0.25) is 0 Å². The number of hydrogen-bond donors (Lipinski definition) is 1. The summed E-state index contributed by atoms with van der Waals surface area (Å²) in [6.07, 6.45) is 0.0555. The molecular weight excluding hydrogens is 272 g/mol. The molecule has 0 spiro atoms. The molecular formula is C10H12Cl3NO2. The van der Waals surface area contributed by atoms with Crippen LogP contribution < -0.4 is 5.73 Å². The molecule has 6 heteroatoms. The Morgan fingerprint density at radius 1 is 1.44 bits per heavy atom. The maximum absolute atomic E-state index is 11.0. The number of carbonyl (C=O) groups excluding carboxylic acids is 1. The van der Waals surface area contributed by atoms with Crippen LogP contribution in [-0.2, 0) is 9.53 Å². The van der Waals surface area contributed by atoms with Gasteiger partial charge in [0.05, 0.1) is 13.5 Å². The van der Waals surface area contributed by atoms with Gasteiger partial charge in [-0.2, -0.15) is 0 Å². The molecule has 2 N–H and O–H groups in total. The van der Waals surface area contributed by atoms with Gasteiger partial charge in [0.25, 0.3) is 0 Å². The second kappa shape index (κ2) is 6.97. The average molecular weight is 285 g/mol. The van der Waals surface area contributed by atoms with E-state index in [1.807, 2.05) is 0 Å². The molecule has 0 aliphatic heterocycles. The monoisotopic (exact) mass is 283 g/mol. The molecule has 0 aliphatic carbocycles. The molecule has 0 aliphatic rings. The molecule has 0 bridgehead atoms. The Hall–Kier alpha value is -0.480. The Morgan fingerprint density at radius 2 is 1.94 bits per heavy atom. The molecule has 0 saturated carbocycles.